The third-order valence-corrected chi connectivity index (χ3v) is 12.5. The van der Waals surface area contributed by atoms with Crippen molar-refractivity contribution in [1.29, 1.82) is 0 Å². The summed E-state index contributed by atoms with van der Waals surface area (Å²) in [6.45, 7) is 0. The maximum absolute atomic E-state index is 5.58. The van der Waals surface area contributed by atoms with Crippen LogP contribution in [0.5, 0.6) is 0 Å². The van der Waals surface area contributed by atoms with Gasteiger partial charge in [-0.25, -0.2) is 9.97 Å². The van der Waals surface area contributed by atoms with Gasteiger partial charge in [0.05, 0.1) is 33.5 Å². The molecule has 0 radical (unpaired) electrons. The molecule has 0 saturated carbocycles. The van der Waals surface area contributed by atoms with Gasteiger partial charge in [0.25, 0.3) is 0 Å². The molecule has 0 atom stereocenters. The van der Waals surface area contributed by atoms with Crippen LogP contribution in [0.1, 0.15) is 0 Å². The Morgan fingerprint density at radius 2 is 0.912 bits per heavy atom. The van der Waals surface area contributed by atoms with Crippen LogP contribution < -0.4 is 0 Å². The van der Waals surface area contributed by atoms with E-state index >= 15 is 0 Å². The summed E-state index contributed by atoms with van der Waals surface area (Å²) in [4.78, 5) is 11.1. The van der Waals surface area contributed by atoms with E-state index in [0.717, 1.165) is 61.0 Å². The molecule has 12 aromatic rings. The van der Waals surface area contributed by atoms with Gasteiger partial charge in [0, 0.05) is 58.5 Å². The Labute approximate surface area is 332 Å². The summed E-state index contributed by atoms with van der Waals surface area (Å²) in [5, 5.41) is 7.18. The first-order chi connectivity index (χ1) is 28.3. The van der Waals surface area contributed by atoms with Crippen LogP contribution in [0, 0.1) is 0 Å². The SMILES string of the molecule is c1ccc(-c2ccc(-c3cc(-c4cccc5sc6ccccc6c45)nc(-n4c5ccccc5c5ccc6c7ccccc7n(-c7ccccc7)c6c54)n3)cc2)cc1. The molecule has 0 aliphatic heterocycles. The van der Waals surface area contributed by atoms with Gasteiger partial charge in [0.2, 0.25) is 5.95 Å². The van der Waals surface area contributed by atoms with Crippen molar-refractivity contribution in [2.75, 3.05) is 0 Å². The summed E-state index contributed by atoms with van der Waals surface area (Å²) in [6.07, 6.45) is 0. The van der Waals surface area contributed by atoms with Gasteiger partial charge in [0.15, 0.2) is 0 Å². The second kappa shape index (κ2) is 12.6. The van der Waals surface area contributed by atoms with Gasteiger partial charge < -0.3 is 4.57 Å². The Bertz CT molecular complexity index is 3500. The summed E-state index contributed by atoms with van der Waals surface area (Å²) in [5.41, 5.74) is 11.8. The van der Waals surface area contributed by atoms with Crippen molar-refractivity contribution in [2.24, 2.45) is 0 Å². The van der Waals surface area contributed by atoms with E-state index in [9.17, 15) is 0 Å². The number of nitrogens with zero attached hydrogens (tertiary/aromatic N) is 4. The summed E-state index contributed by atoms with van der Waals surface area (Å²) >= 11 is 1.83. The Morgan fingerprint density at radius 3 is 1.65 bits per heavy atom. The minimum absolute atomic E-state index is 0.634. The highest BCUT2D eigenvalue weighted by Gasteiger charge is 2.23. The van der Waals surface area contributed by atoms with E-state index in [1.807, 2.05) is 11.3 Å². The molecular formula is C52H32N4S. The first-order valence-electron chi connectivity index (χ1n) is 19.3. The summed E-state index contributed by atoms with van der Waals surface area (Å²) in [5.74, 6) is 0.634. The Kier molecular flexibility index (Phi) is 7.06. The van der Waals surface area contributed by atoms with Crippen molar-refractivity contribution in [3.05, 3.63) is 194 Å². The zero-order chi connectivity index (χ0) is 37.5. The monoisotopic (exact) mass is 744 g/mol. The lowest BCUT2D eigenvalue weighted by molar-refractivity contribution is 0.995. The number of para-hydroxylation sites is 3. The van der Waals surface area contributed by atoms with Crippen LogP contribution in [-0.2, 0) is 0 Å². The fourth-order valence-corrected chi connectivity index (χ4v) is 9.96. The van der Waals surface area contributed by atoms with Crippen LogP contribution in [0.2, 0.25) is 0 Å². The van der Waals surface area contributed by atoms with E-state index < -0.39 is 0 Å². The lowest BCUT2D eigenvalue weighted by Crippen LogP contribution is -2.05. The van der Waals surface area contributed by atoms with Crippen molar-refractivity contribution in [3.8, 4) is 45.3 Å². The predicted molar refractivity (Wildman–Crippen MR) is 240 cm³/mol. The first-order valence-corrected chi connectivity index (χ1v) is 20.1. The molecule has 266 valence electrons. The Morgan fingerprint density at radius 1 is 0.368 bits per heavy atom. The molecule has 4 heterocycles. The molecule has 0 N–H and O–H groups in total. The van der Waals surface area contributed by atoms with Crippen LogP contribution in [-0.4, -0.2) is 19.1 Å². The maximum Gasteiger partial charge on any atom is 0.235 e. The molecule has 8 aromatic carbocycles. The van der Waals surface area contributed by atoms with E-state index in [1.165, 1.54) is 42.1 Å². The normalized spacial score (nSPS) is 11.9. The number of rotatable bonds is 5. The zero-order valence-electron chi connectivity index (χ0n) is 30.7. The molecule has 0 saturated heterocycles. The topological polar surface area (TPSA) is 35.6 Å². The quantitative estimate of drug-likeness (QED) is 0.176. The number of benzene rings is 8. The van der Waals surface area contributed by atoms with Crippen LogP contribution in [0.4, 0.5) is 0 Å². The van der Waals surface area contributed by atoms with Crippen molar-refractivity contribution in [3.63, 3.8) is 0 Å². The van der Waals surface area contributed by atoms with Crippen molar-refractivity contribution in [1.82, 2.24) is 19.1 Å². The fraction of sp³-hybridized carbons (Fsp3) is 0. The average molecular weight is 745 g/mol. The molecule has 0 amide bonds. The number of aromatic nitrogens is 4. The predicted octanol–water partition coefficient (Wildman–Crippen LogP) is 14.0. The molecule has 0 spiro atoms. The Balaban J connectivity index is 1.20. The van der Waals surface area contributed by atoms with E-state index in [0.29, 0.717) is 5.95 Å². The number of thiophene rings is 1. The highest BCUT2D eigenvalue weighted by molar-refractivity contribution is 7.25. The van der Waals surface area contributed by atoms with Gasteiger partial charge in [-0.2, -0.15) is 0 Å². The van der Waals surface area contributed by atoms with E-state index in [4.69, 9.17) is 9.97 Å². The molecular weight excluding hydrogens is 713 g/mol. The molecule has 5 heteroatoms. The average Bonchev–Trinajstić information content (AvgIpc) is 3.95. The van der Waals surface area contributed by atoms with E-state index in [2.05, 4.69) is 203 Å². The zero-order valence-corrected chi connectivity index (χ0v) is 31.5. The molecule has 0 aliphatic rings. The number of hydrogen-bond acceptors (Lipinski definition) is 3. The van der Waals surface area contributed by atoms with Crippen molar-refractivity contribution in [2.45, 2.75) is 0 Å². The summed E-state index contributed by atoms with van der Waals surface area (Å²) in [6, 6.07) is 69.4. The third kappa shape index (κ3) is 4.93. The summed E-state index contributed by atoms with van der Waals surface area (Å²) in [7, 11) is 0. The molecule has 0 bridgehead atoms. The van der Waals surface area contributed by atoms with Crippen LogP contribution in [0.15, 0.2) is 194 Å². The first kappa shape index (κ1) is 32.0. The second-order valence-electron chi connectivity index (χ2n) is 14.6. The molecule has 0 unspecified atom stereocenters. The minimum Gasteiger partial charge on any atom is -0.307 e. The van der Waals surface area contributed by atoms with Crippen molar-refractivity contribution >= 4 is 75.1 Å². The lowest BCUT2D eigenvalue weighted by atomic mass is 10.0. The fourth-order valence-electron chi connectivity index (χ4n) is 8.83. The molecule has 57 heavy (non-hydrogen) atoms. The highest BCUT2D eigenvalue weighted by atomic mass is 32.1. The third-order valence-electron chi connectivity index (χ3n) is 11.4. The number of fused-ring (bicyclic) bond motifs is 10. The van der Waals surface area contributed by atoms with Crippen LogP contribution in [0.25, 0.3) is 109 Å². The molecule has 0 aliphatic carbocycles. The molecule has 4 nitrogen and oxygen atoms in total. The van der Waals surface area contributed by atoms with Crippen LogP contribution in [0.3, 0.4) is 0 Å². The van der Waals surface area contributed by atoms with Gasteiger partial charge in [-0.1, -0.05) is 152 Å². The second-order valence-corrected chi connectivity index (χ2v) is 15.6. The standard InChI is InChI=1S/C52H32N4S/c1-3-14-33(15-4-1)34-26-28-35(29-27-34)43-32-44(41-21-13-25-48-49(41)42-20-9-12-24-47(42)57-48)54-52(53-43)56-46-23-11-8-19-38(46)40-31-30-39-37-18-7-10-22-45(37)55(50(39)51(40)56)36-16-5-2-6-17-36/h1-32H. The van der Waals surface area contributed by atoms with Crippen LogP contribution >= 0.6 is 11.3 Å². The lowest BCUT2D eigenvalue weighted by Gasteiger charge is -2.14. The van der Waals surface area contributed by atoms with Gasteiger partial charge in [-0.05, 0) is 53.6 Å². The van der Waals surface area contributed by atoms with Crippen molar-refractivity contribution < 1.29 is 0 Å². The van der Waals surface area contributed by atoms with E-state index in [1.54, 1.807) is 0 Å². The Hall–Kier alpha value is -7.34. The highest BCUT2D eigenvalue weighted by Crippen LogP contribution is 2.43. The largest absolute Gasteiger partial charge is 0.307 e. The molecule has 12 rings (SSSR count). The minimum atomic E-state index is 0.634. The molecule has 4 aromatic heterocycles. The van der Waals surface area contributed by atoms with Gasteiger partial charge in [0.1, 0.15) is 0 Å². The summed E-state index contributed by atoms with van der Waals surface area (Å²) < 4.78 is 7.23. The van der Waals surface area contributed by atoms with E-state index in [-0.39, 0.29) is 0 Å². The van der Waals surface area contributed by atoms with Gasteiger partial charge in [-0.15, -0.1) is 11.3 Å². The van der Waals surface area contributed by atoms with Gasteiger partial charge >= 0.3 is 0 Å². The maximum atomic E-state index is 5.58. The van der Waals surface area contributed by atoms with Gasteiger partial charge in [-0.3, -0.25) is 4.57 Å². The number of hydrogen-bond donors (Lipinski definition) is 0. The molecule has 0 fully saturated rings. The smallest absolute Gasteiger partial charge is 0.235 e.